The molecular weight excluding hydrogens is 182 g/mol. The van der Waals surface area contributed by atoms with Gasteiger partial charge in [-0.15, -0.1) is 22.9 Å². The molecule has 1 rings (SSSR count). The van der Waals surface area contributed by atoms with Crippen molar-refractivity contribution in [2.24, 2.45) is 5.73 Å². The van der Waals surface area contributed by atoms with Crippen molar-refractivity contribution < 1.29 is 4.79 Å². The molecule has 1 aromatic heterocycles. The predicted octanol–water partition coefficient (Wildman–Crippen LogP) is 1.82. The Labute approximate surface area is 74.0 Å². The first-order valence-corrected chi connectivity index (χ1v) is 4.42. The molecule has 2 nitrogen and oxygen atoms in total. The van der Waals surface area contributed by atoms with Gasteiger partial charge in [-0.3, -0.25) is 4.79 Å². The Morgan fingerprint density at radius 2 is 2.45 bits per heavy atom. The van der Waals surface area contributed by atoms with Crippen LogP contribution in [0, 0.1) is 6.92 Å². The van der Waals surface area contributed by atoms with Gasteiger partial charge in [-0.2, -0.15) is 0 Å². The number of hydrogen-bond acceptors (Lipinski definition) is 2. The molecule has 0 spiro atoms. The number of amides is 1. The standard InChI is InChI=1S/C7H8ClNOS/c1-4-5(2-3-11-4)6(8)7(9)10/h2-3,6H,1H3,(H2,9,10). The summed E-state index contributed by atoms with van der Waals surface area (Å²) in [6, 6.07) is 1.82. The van der Waals surface area contributed by atoms with E-state index in [9.17, 15) is 4.79 Å². The molecule has 1 amide bonds. The van der Waals surface area contributed by atoms with Crippen LogP contribution in [0.4, 0.5) is 0 Å². The SMILES string of the molecule is Cc1sccc1C(Cl)C(N)=O. The summed E-state index contributed by atoms with van der Waals surface area (Å²) < 4.78 is 0. The predicted molar refractivity (Wildman–Crippen MR) is 46.8 cm³/mol. The first-order valence-electron chi connectivity index (χ1n) is 3.10. The van der Waals surface area contributed by atoms with Crippen LogP contribution in [0.25, 0.3) is 0 Å². The molecule has 1 aromatic rings. The van der Waals surface area contributed by atoms with E-state index in [1.165, 1.54) is 0 Å². The van der Waals surface area contributed by atoms with E-state index in [1.807, 2.05) is 18.4 Å². The van der Waals surface area contributed by atoms with Gasteiger partial charge in [0.2, 0.25) is 5.91 Å². The second kappa shape index (κ2) is 3.24. The van der Waals surface area contributed by atoms with Gasteiger partial charge < -0.3 is 5.73 Å². The fourth-order valence-corrected chi connectivity index (χ4v) is 1.85. The number of carbonyl (C=O) groups excluding carboxylic acids is 1. The van der Waals surface area contributed by atoms with E-state index in [-0.39, 0.29) is 0 Å². The molecule has 0 aliphatic carbocycles. The van der Waals surface area contributed by atoms with Gasteiger partial charge in [0.25, 0.3) is 0 Å². The molecular formula is C7H8ClNOS. The molecule has 11 heavy (non-hydrogen) atoms. The van der Waals surface area contributed by atoms with Gasteiger partial charge in [-0.1, -0.05) is 0 Å². The lowest BCUT2D eigenvalue weighted by Crippen LogP contribution is -2.16. The number of rotatable bonds is 2. The van der Waals surface area contributed by atoms with Crippen molar-refractivity contribution in [3.05, 3.63) is 21.9 Å². The second-order valence-corrected chi connectivity index (χ2v) is 3.75. The lowest BCUT2D eigenvalue weighted by atomic mass is 10.2. The number of nitrogens with two attached hydrogens (primary N) is 1. The summed E-state index contributed by atoms with van der Waals surface area (Å²) in [6.45, 7) is 1.92. The molecule has 1 atom stereocenters. The van der Waals surface area contributed by atoms with Crippen LogP contribution in [0.15, 0.2) is 11.4 Å². The molecule has 1 heterocycles. The van der Waals surface area contributed by atoms with Crippen LogP contribution in [0.1, 0.15) is 15.8 Å². The summed E-state index contributed by atoms with van der Waals surface area (Å²) in [6.07, 6.45) is 0. The highest BCUT2D eigenvalue weighted by atomic mass is 35.5. The van der Waals surface area contributed by atoms with E-state index in [2.05, 4.69) is 0 Å². The molecule has 4 heteroatoms. The van der Waals surface area contributed by atoms with Crippen molar-refractivity contribution >= 4 is 28.8 Å². The summed E-state index contributed by atoms with van der Waals surface area (Å²) in [5, 5.41) is 1.21. The van der Waals surface area contributed by atoms with Crippen LogP contribution in [-0.4, -0.2) is 5.91 Å². The van der Waals surface area contributed by atoms with Gasteiger partial charge in [0.1, 0.15) is 5.38 Å². The average molecular weight is 190 g/mol. The van der Waals surface area contributed by atoms with Crippen LogP contribution in [0.3, 0.4) is 0 Å². The number of alkyl halides is 1. The molecule has 0 aromatic carbocycles. The third-order valence-electron chi connectivity index (χ3n) is 1.42. The fourth-order valence-electron chi connectivity index (χ4n) is 0.811. The summed E-state index contributed by atoms with van der Waals surface area (Å²) in [5.74, 6) is -0.492. The van der Waals surface area contributed by atoms with E-state index >= 15 is 0 Å². The zero-order valence-corrected chi connectivity index (χ0v) is 7.58. The Hall–Kier alpha value is -0.540. The molecule has 2 N–H and O–H groups in total. The zero-order valence-electron chi connectivity index (χ0n) is 6.00. The maximum atomic E-state index is 10.6. The molecule has 0 saturated heterocycles. The van der Waals surface area contributed by atoms with Crippen LogP contribution in [0.5, 0.6) is 0 Å². The highest BCUT2D eigenvalue weighted by Gasteiger charge is 2.16. The maximum Gasteiger partial charge on any atom is 0.240 e. The van der Waals surface area contributed by atoms with Gasteiger partial charge in [0, 0.05) is 4.88 Å². The largest absolute Gasteiger partial charge is 0.368 e. The van der Waals surface area contributed by atoms with Gasteiger partial charge in [0.05, 0.1) is 0 Å². The fraction of sp³-hybridized carbons (Fsp3) is 0.286. The van der Waals surface area contributed by atoms with Crippen LogP contribution in [0.2, 0.25) is 0 Å². The van der Waals surface area contributed by atoms with Gasteiger partial charge >= 0.3 is 0 Å². The van der Waals surface area contributed by atoms with Crippen molar-refractivity contribution in [3.8, 4) is 0 Å². The molecule has 0 saturated carbocycles. The molecule has 60 valence electrons. The Kier molecular flexibility index (Phi) is 2.52. The number of aryl methyl sites for hydroxylation is 1. The highest BCUT2D eigenvalue weighted by molar-refractivity contribution is 7.10. The third-order valence-corrected chi connectivity index (χ3v) is 2.73. The summed E-state index contributed by atoms with van der Waals surface area (Å²) in [7, 11) is 0. The Balaban J connectivity index is 2.92. The van der Waals surface area contributed by atoms with E-state index in [0.29, 0.717) is 0 Å². The van der Waals surface area contributed by atoms with E-state index in [4.69, 9.17) is 17.3 Å². The van der Waals surface area contributed by atoms with Crippen molar-refractivity contribution in [2.45, 2.75) is 12.3 Å². The minimum atomic E-state index is -0.679. The topological polar surface area (TPSA) is 43.1 Å². The quantitative estimate of drug-likeness (QED) is 0.709. The van der Waals surface area contributed by atoms with Crippen LogP contribution >= 0.6 is 22.9 Å². The second-order valence-electron chi connectivity index (χ2n) is 2.20. The lowest BCUT2D eigenvalue weighted by Gasteiger charge is -2.02. The average Bonchev–Trinajstić information content (AvgIpc) is 2.33. The number of thiophene rings is 1. The van der Waals surface area contributed by atoms with E-state index < -0.39 is 11.3 Å². The highest BCUT2D eigenvalue weighted by Crippen LogP contribution is 2.26. The minimum absolute atomic E-state index is 0.492. The number of carbonyl (C=O) groups is 1. The first kappa shape index (κ1) is 8.56. The molecule has 0 aliphatic heterocycles. The van der Waals surface area contributed by atoms with E-state index in [1.54, 1.807) is 11.3 Å². The molecule has 1 unspecified atom stereocenters. The zero-order chi connectivity index (χ0) is 8.43. The van der Waals surface area contributed by atoms with Crippen LogP contribution < -0.4 is 5.73 Å². The summed E-state index contributed by atoms with van der Waals surface area (Å²) in [4.78, 5) is 11.7. The smallest absolute Gasteiger partial charge is 0.240 e. The summed E-state index contributed by atoms with van der Waals surface area (Å²) >= 11 is 7.28. The third kappa shape index (κ3) is 1.73. The Bertz CT molecular complexity index is 271. The number of primary amides is 1. The first-order chi connectivity index (χ1) is 5.13. The molecule has 0 radical (unpaired) electrons. The lowest BCUT2D eigenvalue weighted by molar-refractivity contribution is -0.117. The van der Waals surface area contributed by atoms with Crippen molar-refractivity contribution in [2.75, 3.05) is 0 Å². The van der Waals surface area contributed by atoms with Crippen molar-refractivity contribution in [1.29, 1.82) is 0 Å². The van der Waals surface area contributed by atoms with Gasteiger partial charge in [-0.25, -0.2) is 0 Å². The molecule has 0 aliphatic rings. The summed E-state index contributed by atoms with van der Waals surface area (Å²) in [5.41, 5.74) is 5.85. The van der Waals surface area contributed by atoms with Crippen molar-refractivity contribution in [1.82, 2.24) is 0 Å². The molecule has 0 bridgehead atoms. The van der Waals surface area contributed by atoms with Crippen LogP contribution in [-0.2, 0) is 4.79 Å². The van der Waals surface area contributed by atoms with E-state index in [0.717, 1.165) is 10.4 Å². The van der Waals surface area contributed by atoms with Gasteiger partial charge in [-0.05, 0) is 23.9 Å². The number of halogens is 1. The molecule has 0 fully saturated rings. The van der Waals surface area contributed by atoms with Crippen molar-refractivity contribution in [3.63, 3.8) is 0 Å². The maximum absolute atomic E-state index is 10.6. The van der Waals surface area contributed by atoms with Gasteiger partial charge in [0.15, 0.2) is 0 Å². The normalized spacial score (nSPS) is 12.9. The number of hydrogen-bond donors (Lipinski definition) is 1. The Morgan fingerprint density at radius 1 is 1.82 bits per heavy atom. The Morgan fingerprint density at radius 3 is 2.82 bits per heavy atom. The monoisotopic (exact) mass is 189 g/mol. The minimum Gasteiger partial charge on any atom is -0.368 e.